The quantitative estimate of drug-likeness (QED) is 0.790. The molecule has 1 unspecified atom stereocenters. The summed E-state index contributed by atoms with van der Waals surface area (Å²) in [4.78, 5) is 0. The summed E-state index contributed by atoms with van der Waals surface area (Å²) in [7, 11) is 0. The molecule has 1 aliphatic heterocycles. The number of para-hydroxylation sites is 1. The van der Waals surface area contributed by atoms with E-state index in [4.69, 9.17) is 9.84 Å². The number of nitrogens with zero attached hydrogens (tertiary/aromatic N) is 2. The van der Waals surface area contributed by atoms with Crippen LogP contribution in [0.4, 0.5) is 0 Å². The molecule has 0 bridgehead atoms. The molecular formula is C14H18N2O. The zero-order valence-electron chi connectivity index (χ0n) is 10.4. The molecule has 0 spiro atoms. The molecule has 2 heterocycles. The van der Waals surface area contributed by atoms with Gasteiger partial charge in [0.2, 0.25) is 0 Å². The van der Waals surface area contributed by atoms with E-state index in [0.29, 0.717) is 6.04 Å². The lowest BCUT2D eigenvalue weighted by atomic mass is 10.1. The second-order valence-electron chi connectivity index (χ2n) is 4.94. The molecule has 0 N–H and O–H groups in total. The Morgan fingerprint density at radius 3 is 2.88 bits per heavy atom. The van der Waals surface area contributed by atoms with Gasteiger partial charge in [-0.2, -0.15) is 5.10 Å². The van der Waals surface area contributed by atoms with Crippen LogP contribution in [0.25, 0.3) is 10.9 Å². The number of fused-ring (bicyclic) bond motifs is 1. The Balaban J connectivity index is 2.17. The van der Waals surface area contributed by atoms with Gasteiger partial charge < -0.3 is 4.74 Å². The molecule has 1 aromatic heterocycles. The predicted octanol–water partition coefficient (Wildman–Crippen LogP) is 3.47. The molecule has 2 aromatic rings. The van der Waals surface area contributed by atoms with Crippen LogP contribution >= 0.6 is 0 Å². The van der Waals surface area contributed by atoms with Gasteiger partial charge in [0.25, 0.3) is 0 Å². The maximum absolute atomic E-state index is 5.76. The van der Waals surface area contributed by atoms with E-state index in [1.807, 2.05) is 0 Å². The third kappa shape index (κ3) is 1.75. The molecule has 1 saturated heterocycles. The van der Waals surface area contributed by atoms with Crippen LogP contribution in [0.1, 0.15) is 44.5 Å². The molecule has 0 radical (unpaired) electrons. The van der Waals surface area contributed by atoms with E-state index in [0.717, 1.165) is 25.1 Å². The van der Waals surface area contributed by atoms with Gasteiger partial charge in [-0.05, 0) is 32.8 Å². The normalized spacial score (nSPS) is 20.5. The van der Waals surface area contributed by atoms with Gasteiger partial charge in [-0.3, -0.25) is 4.68 Å². The Hall–Kier alpha value is -1.35. The summed E-state index contributed by atoms with van der Waals surface area (Å²) >= 11 is 0. The second-order valence-corrected chi connectivity index (χ2v) is 4.94. The van der Waals surface area contributed by atoms with Crippen LogP contribution < -0.4 is 0 Å². The standard InChI is InChI=1S/C14H18N2O/c1-10(2)16-12-7-4-3-6-11(12)14(15-16)13-8-5-9-17-13/h3-4,6-7,10,13H,5,8-9H2,1-2H3. The molecule has 3 nitrogen and oxygen atoms in total. The number of benzene rings is 1. The molecule has 1 aromatic carbocycles. The fourth-order valence-electron chi connectivity index (χ4n) is 2.54. The Bertz CT molecular complexity index is 524. The van der Waals surface area contributed by atoms with Crippen LogP contribution in [0.5, 0.6) is 0 Å². The molecule has 3 heteroatoms. The van der Waals surface area contributed by atoms with Crippen molar-refractivity contribution in [3.05, 3.63) is 30.0 Å². The summed E-state index contributed by atoms with van der Waals surface area (Å²) < 4.78 is 7.87. The number of ether oxygens (including phenoxy) is 1. The van der Waals surface area contributed by atoms with Crippen molar-refractivity contribution in [1.82, 2.24) is 9.78 Å². The minimum atomic E-state index is 0.194. The Labute approximate surface area is 101 Å². The van der Waals surface area contributed by atoms with Gasteiger partial charge in [0.05, 0.1) is 11.2 Å². The average molecular weight is 230 g/mol. The zero-order chi connectivity index (χ0) is 11.8. The Morgan fingerprint density at radius 1 is 1.35 bits per heavy atom. The van der Waals surface area contributed by atoms with Crippen LogP contribution in [0.2, 0.25) is 0 Å². The topological polar surface area (TPSA) is 27.1 Å². The lowest BCUT2D eigenvalue weighted by Crippen LogP contribution is -2.04. The van der Waals surface area contributed by atoms with Crippen LogP contribution in [0.15, 0.2) is 24.3 Å². The first-order chi connectivity index (χ1) is 8.27. The van der Waals surface area contributed by atoms with Gasteiger partial charge in [-0.25, -0.2) is 0 Å². The third-order valence-electron chi connectivity index (χ3n) is 3.37. The molecule has 90 valence electrons. The molecule has 0 saturated carbocycles. The number of hydrogen-bond acceptors (Lipinski definition) is 2. The zero-order valence-corrected chi connectivity index (χ0v) is 10.4. The molecular weight excluding hydrogens is 212 g/mol. The largest absolute Gasteiger partial charge is 0.372 e. The van der Waals surface area contributed by atoms with E-state index in [1.54, 1.807) is 0 Å². The Morgan fingerprint density at radius 2 is 2.18 bits per heavy atom. The summed E-state index contributed by atoms with van der Waals surface area (Å²) in [6.45, 7) is 5.20. The first kappa shape index (κ1) is 10.8. The molecule has 17 heavy (non-hydrogen) atoms. The highest BCUT2D eigenvalue weighted by Gasteiger charge is 2.24. The number of rotatable bonds is 2. The summed E-state index contributed by atoms with van der Waals surface area (Å²) in [5, 5.41) is 6.01. The van der Waals surface area contributed by atoms with E-state index < -0.39 is 0 Å². The van der Waals surface area contributed by atoms with Crippen LogP contribution in [0.3, 0.4) is 0 Å². The van der Waals surface area contributed by atoms with Crippen LogP contribution in [-0.4, -0.2) is 16.4 Å². The monoisotopic (exact) mass is 230 g/mol. The lowest BCUT2D eigenvalue weighted by molar-refractivity contribution is 0.109. The maximum Gasteiger partial charge on any atom is 0.102 e. The van der Waals surface area contributed by atoms with Gasteiger partial charge in [0, 0.05) is 18.0 Å². The summed E-state index contributed by atoms with van der Waals surface area (Å²) in [6.07, 6.45) is 2.44. The van der Waals surface area contributed by atoms with Gasteiger partial charge in [0.15, 0.2) is 0 Å². The fourth-order valence-corrected chi connectivity index (χ4v) is 2.54. The predicted molar refractivity (Wildman–Crippen MR) is 68.0 cm³/mol. The van der Waals surface area contributed by atoms with Crippen molar-refractivity contribution in [2.24, 2.45) is 0 Å². The summed E-state index contributed by atoms with van der Waals surface area (Å²) in [5.74, 6) is 0. The highest BCUT2D eigenvalue weighted by atomic mass is 16.5. The molecule has 0 aliphatic carbocycles. The van der Waals surface area contributed by atoms with Crippen molar-refractivity contribution in [2.75, 3.05) is 6.61 Å². The first-order valence-electron chi connectivity index (χ1n) is 6.36. The molecule has 3 rings (SSSR count). The van der Waals surface area contributed by atoms with Gasteiger partial charge in [0.1, 0.15) is 6.10 Å². The summed E-state index contributed by atoms with van der Waals surface area (Å²) in [6, 6.07) is 8.82. The van der Waals surface area contributed by atoms with Crippen LogP contribution in [0, 0.1) is 0 Å². The summed E-state index contributed by atoms with van der Waals surface area (Å²) in [5.41, 5.74) is 2.33. The minimum absolute atomic E-state index is 0.194. The van der Waals surface area contributed by atoms with Crippen LogP contribution in [-0.2, 0) is 4.74 Å². The van der Waals surface area contributed by atoms with E-state index in [9.17, 15) is 0 Å². The van der Waals surface area contributed by atoms with Crippen molar-refractivity contribution in [1.29, 1.82) is 0 Å². The van der Waals surface area contributed by atoms with Crippen molar-refractivity contribution < 1.29 is 4.74 Å². The number of hydrogen-bond donors (Lipinski definition) is 0. The van der Waals surface area contributed by atoms with Crippen molar-refractivity contribution in [2.45, 2.75) is 38.8 Å². The Kier molecular flexibility index (Phi) is 2.63. The van der Waals surface area contributed by atoms with Crippen molar-refractivity contribution in [3.63, 3.8) is 0 Å². The SMILES string of the molecule is CC(C)n1nc(C2CCCO2)c2ccccc21. The number of aromatic nitrogens is 2. The van der Waals surface area contributed by atoms with E-state index in [-0.39, 0.29) is 6.10 Å². The first-order valence-corrected chi connectivity index (χ1v) is 6.36. The molecule has 1 atom stereocenters. The van der Waals surface area contributed by atoms with Crippen molar-refractivity contribution in [3.8, 4) is 0 Å². The highest BCUT2D eigenvalue weighted by molar-refractivity contribution is 5.82. The average Bonchev–Trinajstić information content (AvgIpc) is 2.95. The van der Waals surface area contributed by atoms with Gasteiger partial charge in [-0.1, -0.05) is 18.2 Å². The lowest BCUT2D eigenvalue weighted by Gasteiger charge is -2.07. The molecule has 1 fully saturated rings. The fraction of sp³-hybridized carbons (Fsp3) is 0.500. The smallest absolute Gasteiger partial charge is 0.102 e. The second kappa shape index (κ2) is 4.15. The molecule has 1 aliphatic rings. The van der Waals surface area contributed by atoms with E-state index in [2.05, 4.69) is 42.8 Å². The minimum Gasteiger partial charge on any atom is -0.372 e. The van der Waals surface area contributed by atoms with Crippen molar-refractivity contribution >= 4 is 10.9 Å². The van der Waals surface area contributed by atoms with E-state index in [1.165, 1.54) is 10.9 Å². The third-order valence-corrected chi connectivity index (χ3v) is 3.37. The van der Waals surface area contributed by atoms with Gasteiger partial charge >= 0.3 is 0 Å². The highest BCUT2D eigenvalue weighted by Crippen LogP contribution is 2.33. The molecule has 0 amide bonds. The maximum atomic E-state index is 5.76. The van der Waals surface area contributed by atoms with E-state index >= 15 is 0 Å². The van der Waals surface area contributed by atoms with Gasteiger partial charge in [-0.15, -0.1) is 0 Å².